The number of hydrogen-bond acceptors (Lipinski definition) is 4. The van der Waals surface area contributed by atoms with E-state index in [4.69, 9.17) is 5.73 Å². The number of benzene rings is 1. The number of carbonyl (C=O) groups is 1. The van der Waals surface area contributed by atoms with Gasteiger partial charge >= 0.3 is 0 Å². The molecule has 0 aliphatic rings. The van der Waals surface area contributed by atoms with Gasteiger partial charge in [0.25, 0.3) is 5.91 Å². The van der Waals surface area contributed by atoms with Gasteiger partial charge in [0.1, 0.15) is 5.69 Å². The van der Waals surface area contributed by atoms with Crippen LogP contribution in [0.25, 0.3) is 0 Å². The third-order valence-electron chi connectivity index (χ3n) is 3.49. The van der Waals surface area contributed by atoms with Gasteiger partial charge in [-0.25, -0.2) is 4.98 Å². The summed E-state index contributed by atoms with van der Waals surface area (Å²) < 4.78 is 0. The molecule has 0 fully saturated rings. The van der Waals surface area contributed by atoms with Gasteiger partial charge in [0.15, 0.2) is 0 Å². The Labute approximate surface area is 135 Å². The summed E-state index contributed by atoms with van der Waals surface area (Å²) in [6.07, 6.45) is 1.50. The molecule has 2 aromatic rings. The van der Waals surface area contributed by atoms with Crippen molar-refractivity contribution in [2.75, 3.05) is 6.54 Å². The second kappa shape index (κ2) is 7.03. The SMILES string of the molecule is Cc1ccccc1CC(C)(C)NC(=O)c1csc(CCN)n1. The molecule has 2 rings (SSSR count). The van der Waals surface area contributed by atoms with Crippen LogP contribution in [0.5, 0.6) is 0 Å². The molecule has 0 aliphatic heterocycles. The molecule has 0 aliphatic carbocycles. The topological polar surface area (TPSA) is 68.0 Å². The summed E-state index contributed by atoms with van der Waals surface area (Å²) in [5.74, 6) is -0.127. The summed E-state index contributed by atoms with van der Waals surface area (Å²) in [5, 5.41) is 5.78. The zero-order valence-corrected chi connectivity index (χ0v) is 14.2. The lowest BCUT2D eigenvalue weighted by atomic mass is 9.92. The van der Waals surface area contributed by atoms with Gasteiger partial charge in [-0.1, -0.05) is 24.3 Å². The van der Waals surface area contributed by atoms with Crippen molar-refractivity contribution in [3.63, 3.8) is 0 Å². The monoisotopic (exact) mass is 317 g/mol. The minimum Gasteiger partial charge on any atom is -0.345 e. The summed E-state index contributed by atoms with van der Waals surface area (Å²) in [7, 11) is 0. The zero-order valence-electron chi connectivity index (χ0n) is 13.3. The number of nitrogens with zero attached hydrogens (tertiary/aromatic N) is 1. The molecule has 1 aromatic heterocycles. The van der Waals surface area contributed by atoms with Gasteiger partial charge in [-0.2, -0.15) is 0 Å². The number of carbonyl (C=O) groups excluding carboxylic acids is 1. The molecule has 1 aromatic carbocycles. The molecule has 1 amide bonds. The van der Waals surface area contributed by atoms with Gasteiger partial charge < -0.3 is 11.1 Å². The normalized spacial score (nSPS) is 11.5. The largest absolute Gasteiger partial charge is 0.345 e. The molecule has 22 heavy (non-hydrogen) atoms. The van der Waals surface area contributed by atoms with E-state index in [-0.39, 0.29) is 11.4 Å². The van der Waals surface area contributed by atoms with Crippen LogP contribution < -0.4 is 11.1 Å². The smallest absolute Gasteiger partial charge is 0.271 e. The van der Waals surface area contributed by atoms with E-state index in [9.17, 15) is 4.79 Å². The second-order valence-corrected chi connectivity index (χ2v) is 7.05. The molecular weight excluding hydrogens is 294 g/mol. The van der Waals surface area contributed by atoms with Crippen molar-refractivity contribution in [3.05, 3.63) is 51.5 Å². The maximum Gasteiger partial charge on any atom is 0.271 e. The van der Waals surface area contributed by atoms with E-state index < -0.39 is 0 Å². The lowest BCUT2D eigenvalue weighted by Crippen LogP contribution is -2.45. The maximum atomic E-state index is 12.4. The van der Waals surface area contributed by atoms with E-state index >= 15 is 0 Å². The summed E-state index contributed by atoms with van der Waals surface area (Å²) in [6.45, 7) is 6.70. The van der Waals surface area contributed by atoms with Crippen LogP contribution in [0, 0.1) is 6.92 Å². The quantitative estimate of drug-likeness (QED) is 0.861. The van der Waals surface area contributed by atoms with Crippen LogP contribution >= 0.6 is 11.3 Å². The van der Waals surface area contributed by atoms with Crippen molar-refractivity contribution in [1.29, 1.82) is 0 Å². The maximum absolute atomic E-state index is 12.4. The first-order chi connectivity index (χ1) is 10.4. The van der Waals surface area contributed by atoms with Gasteiger partial charge in [0, 0.05) is 17.3 Å². The molecule has 118 valence electrons. The van der Waals surface area contributed by atoms with Crippen molar-refractivity contribution < 1.29 is 4.79 Å². The van der Waals surface area contributed by atoms with Crippen molar-refractivity contribution >= 4 is 17.2 Å². The molecule has 5 heteroatoms. The van der Waals surface area contributed by atoms with Crippen molar-refractivity contribution in [3.8, 4) is 0 Å². The average Bonchev–Trinajstić information content (AvgIpc) is 2.90. The summed E-state index contributed by atoms with van der Waals surface area (Å²) in [4.78, 5) is 16.7. The number of hydrogen-bond donors (Lipinski definition) is 2. The minimum absolute atomic E-state index is 0.127. The Kier molecular flexibility index (Phi) is 5.32. The highest BCUT2D eigenvalue weighted by atomic mass is 32.1. The van der Waals surface area contributed by atoms with Gasteiger partial charge in [0.05, 0.1) is 5.01 Å². The predicted octanol–water partition coefficient (Wildman–Crippen LogP) is 2.70. The fourth-order valence-corrected chi connectivity index (χ4v) is 3.15. The fourth-order valence-electron chi connectivity index (χ4n) is 2.35. The standard InChI is InChI=1S/C17H23N3OS/c1-12-6-4-5-7-13(12)10-17(2,3)20-16(21)14-11-22-15(19-14)8-9-18/h4-7,11H,8-10,18H2,1-3H3,(H,20,21). The van der Waals surface area contributed by atoms with E-state index in [2.05, 4.69) is 29.4 Å². The Bertz CT molecular complexity index is 649. The molecule has 0 saturated heterocycles. The number of aryl methyl sites for hydroxylation is 1. The van der Waals surface area contributed by atoms with E-state index in [0.717, 1.165) is 11.4 Å². The van der Waals surface area contributed by atoms with Gasteiger partial charge in [-0.15, -0.1) is 11.3 Å². The molecule has 4 nitrogen and oxygen atoms in total. The van der Waals surface area contributed by atoms with Gasteiger partial charge in [0.2, 0.25) is 0 Å². The Hall–Kier alpha value is -1.72. The van der Waals surface area contributed by atoms with Gasteiger partial charge in [-0.05, 0) is 44.9 Å². The number of amides is 1. The van der Waals surface area contributed by atoms with Crippen LogP contribution in [0.3, 0.4) is 0 Å². The van der Waals surface area contributed by atoms with Gasteiger partial charge in [-0.3, -0.25) is 4.79 Å². The second-order valence-electron chi connectivity index (χ2n) is 6.11. The number of nitrogens with one attached hydrogen (secondary N) is 1. The van der Waals surface area contributed by atoms with Crippen LogP contribution in [0.2, 0.25) is 0 Å². The number of nitrogens with two attached hydrogens (primary N) is 1. The summed E-state index contributed by atoms with van der Waals surface area (Å²) in [6, 6.07) is 8.25. The number of aromatic nitrogens is 1. The van der Waals surface area contributed by atoms with Crippen LogP contribution in [-0.2, 0) is 12.8 Å². The molecule has 0 radical (unpaired) electrons. The fraction of sp³-hybridized carbons (Fsp3) is 0.412. The zero-order chi connectivity index (χ0) is 16.2. The third-order valence-corrected chi connectivity index (χ3v) is 4.40. The van der Waals surface area contributed by atoms with E-state index in [1.807, 2.05) is 26.0 Å². The Morgan fingerprint density at radius 2 is 2.09 bits per heavy atom. The van der Waals surface area contributed by atoms with Crippen LogP contribution in [-0.4, -0.2) is 23.0 Å². The first-order valence-electron chi connectivity index (χ1n) is 7.43. The Balaban J connectivity index is 2.04. The summed E-state index contributed by atoms with van der Waals surface area (Å²) in [5.41, 5.74) is 8.14. The lowest BCUT2D eigenvalue weighted by Gasteiger charge is -2.26. The number of thiazole rings is 1. The Morgan fingerprint density at radius 3 is 2.77 bits per heavy atom. The summed E-state index contributed by atoms with van der Waals surface area (Å²) >= 11 is 1.48. The first-order valence-corrected chi connectivity index (χ1v) is 8.31. The van der Waals surface area contributed by atoms with Crippen LogP contribution in [0.4, 0.5) is 0 Å². The molecule has 0 bridgehead atoms. The lowest BCUT2D eigenvalue weighted by molar-refractivity contribution is 0.0908. The van der Waals surface area contributed by atoms with E-state index in [1.165, 1.54) is 22.5 Å². The molecule has 0 unspecified atom stereocenters. The molecule has 0 spiro atoms. The molecule has 0 atom stereocenters. The van der Waals surface area contributed by atoms with Crippen LogP contribution in [0.15, 0.2) is 29.6 Å². The Morgan fingerprint density at radius 1 is 1.36 bits per heavy atom. The highest BCUT2D eigenvalue weighted by Crippen LogP contribution is 2.17. The average molecular weight is 317 g/mol. The van der Waals surface area contributed by atoms with Crippen LogP contribution in [0.1, 0.15) is 40.5 Å². The first kappa shape index (κ1) is 16.6. The van der Waals surface area contributed by atoms with Crippen molar-refractivity contribution in [2.45, 2.75) is 39.2 Å². The predicted molar refractivity (Wildman–Crippen MR) is 91.3 cm³/mol. The highest BCUT2D eigenvalue weighted by molar-refractivity contribution is 7.09. The molecule has 3 N–H and O–H groups in total. The highest BCUT2D eigenvalue weighted by Gasteiger charge is 2.23. The third kappa shape index (κ3) is 4.39. The molecule has 1 heterocycles. The molecular formula is C17H23N3OS. The molecule has 0 saturated carbocycles. The van der Waals surface area contributed by atoms with Crippen molar-refractivity contribution in [2.24, 2.45) is 5.73 Å². The number of rotatable bonds is 6. The van der Waals surface area contributed by atoms with E-state index in [0.29, 0.717) is 18.7 Å². The van der Waals surface area contributed by atoms with Crippen molar-refractivity contribution in [1.82, 2.24) is 10.3 Å². The van der Waals surface area contributed by atoms with E-state index in [1.54, 1.807) is 5.38 Å². The minimum atomic E-state index is -0.332.